The Morgan fingerprint density at radius 3 is 2.50 bits per heavy atom. The fraction of sp³-hybridized carbons (Fsp3) is 0.368. The summed E-state index contributed by atoms with van der Waals surface area (Å²) in [5.41, 5.74) is 1.49. The van der Waals surface area contributed by atoms with Gasteiger partial charge in [0.15, 0.2) is 0 Å². The van der Waals surface area contributed by atoms with E-state index in [9.17, 15) is 9.59 Å². The van der Waals surface area contributed by atoms with Crippen LogP contribution < -0.4 is 10.6 Å². The number of hydrogen-bond acceptors (Lipinski definition) is 5. The molecule has 1 heterocycles. The highest BCUT2D eigenvalue weighted by Gasteiger charge is 2.27. The van der Waals surface area contributed by atoms with Gasteiger partial charge in [0.1, 0.15) is 12.3 Å². The highest BCUT2D eigenvalue weighted by Crippen LogP contribution is 2.19. The molecule has 0 unspecified atom stereocenters. The van der Waals surface area contributed by atoms with E-state index in [1.54, 1.807) is 12.3 Å². The van der Waals surface area contributed by atoms with Gasteiger partial charge in [0.05, 0.1) is 6.61 Å². The minimum atomic E-state index is -0.250. The number of rotatable bonds is 7. The first kappa shape index (κ1) is 21.1. The lowest BCUT2D eigenvalue weighted by atomic mass is 10.2. The Morgan fingerprint density at radius 2 is 1.86 bits per heavy atom. The Labute approximate surface area is 162 Å². The van der Waals surface area contributed by atoms with Crippen LogP contribution in [0.3, 0.4) is 0 Å². The van der Waals surface area contributed by atoms with Crippen LogP contribution in [0.4, 0.5) is 0 Å². The fourth-order valence-electron chi connectivity index (χ4n) is 2.99. The molecule has 0 radical (unpaired) electrons. The van der Waals surface area contributed by atoms with Crippen molar-refractivity contribution in [1.29, 1.82) is 0 Å². The number of ether oxygens (including phenoxy) is 1. The number of carbonyl (C=O) groups excluding carboxylic acids is 2. The fourth-order valence-corrected chi connectivity index (χ4v) is 2.99. The molecular weight excluding hydrogens is 364 g/mol. The van der Waals surface area contributed by atoms with E-state index in [1.165, 1.54) is 0 Å². The number of benzene rings is 1. The van der Waals surface area contributed by atoms with E-state index in [1.807, 2.05) is 30.3 Å². The SMILES string of the molecule is O=C(COCc1ccccc1)N[C@@H]1CC[C@H](NC(=O)c2ccn[nH]2)C1.O=CO. The van der Waals surface area contributed by atoms with Crippen LogP contribution in [-0.2, 0) is 20.9 Å². The van der Waals surface area contributed by atoms with Gasteiger partial charge in [0.25, 0.3) is 12.4 Å². The van der Waals surface area contributed by atoms with E-state index in [0.29, 0.717) is 12.3 Å². The van der Waals surface area contributed by atoms with Crippen LogP contribution in [0.25, 0.3) is 0 Å². The zero-order chi connectivity index (χ0) is 20.2. The number of nitrogens with zero attached hydrogens (tertiary/aromatic N) is 1. The first-order valence-electron chi connectivity index (χ1n) is 8.91. The van der Waals surface area contributed by atoms with Gasteiger partial charge < -0.3 is 20.5 Å². The van der Waals surface area contributed by atoms with E-state index in [4.69, 9.17) is 14.6 Å². The lowest BCUT2D eigenvalue weighted by Crippen LogP contribution is -2.38. The average molecular weight is 388 g/mol. The van der Waals surface area contributed by atoms with Crippen molar-refractivity contribution >= 4 is 18.3 Å². The van der Waals surface area contributed by atoms with Crippen LogP contribution in [0, 0.1) is 0 Å². The Balaban J connectivity index is 0.000000878. The van der Waals surface area contributed by atoms with Gasteiger partial charge in [-0.2, -0.15) is 5.10 Å². The van der Waals surface area contributed by atoms with Crippen molar-refractivity contribution in [3.8, 4) is 0 Å². The first-order valence-corrected chi connectivity index (χ1v) is 8.91. The number of carboxylic acid groups (broad SMARTS) is 1. The highest BCUT2D eigenvalue weighted by molar-refractivity contribution is 5.92. The summed E-state index contributed by atoms with van der Waals surface area (Å²) in [5.74, 6) is -0.290. The normalized spacial score (nSPS) is 17.9. The average Bonchev–Trinajstić information content (AvgIpc) is 3.36. The zero-order valence-electron chi connectivity index (χ0n) is 15.3. The summed E-state index contributed by atoms with van der Waals surface area (Å²) in [6, 6.07) is 11.5. The van der Waals surface area contributed by atoms with Gasteiger partial charge in [-0.15, -0.1) is 0 Å². The molecule has 1 aliphatic carbocycles. The van der Waals surface area contributed by atoms with E-state index in [-0.39, 0.29) is 37.0 Å². The lowest BCUT2D eigenvalue weighted by molar-refractivity contribution is -0.126. The molecule has 2 aromatic rings. The molecule has 0 spiro atoms. The summed E-state index contributed by atoms with van der Waals surface area (Å²) in [4.78, 5) is 32.3. The summed E-state index contributed by atoms with van der Waals surface area (Å²) in [6.07, 6.45) is 3.96. The second-order valence-corrected chi connectivity index (χ2v) is 6.30. The van der Waals surface area contributed by atoms with E-state index in [0.717, 1.165) is 24.8 Å². The molecule has 1 aliphatic rings. The van der Waals surface area contributed by atoms with Crippen molar-refractivity contribution in [3.63, 3.8) is 0 Å². The van der Waals surface area contributed by atoms with Gasteiger partial charge in [-0.1, -0.05) is 30.3 Å². The molecule has 1 aromatic carbocycles. The Kier molecular flexibility index (Phi) is 8.67. The molecule has 1 aromatic heterocycles. The van der Waals surface area contributed by atoms with Crippen LogP contribution in [0.15, 0.2) is 42.6 Å². The van der Waals surface area contributed by atoms with Gasteiger partial charge in [0.2, 0.25) is 5.91 Å². The number of nitrogens with one attached hydrogen (secondary N) is 3. The van der Waals surface area contributed by atoms with E-state index in [2.05, 4.69) is 20.8 Å². The predicted octanol–water partition coefficient (Wildman–Crippen LogP) is 1.09. The van der Waals surface area contributed by atoms with Crippen molar-refractivity contribution < 1.29 is 24.2 Å². The standard InChI is InChI=1S/C18H22N4O3.CH2O2/c23-17(12-25-11-13-4-2-1-3-5-13)20-14-6-7-15(10-14)21-18(24)16-8-9-19-22-16;2-1-3/h1-5,8-9,14-15H,6-7,10-12H2,(H,19,22)(H,20,23)(H,21,24);1H,(H,2,3)/t14-,15+;/m1./s1. The molecule has 28 heavy (non-hydrogen) atoms. The monoisotopic (exact) mass is 388 g/mol. The van der Waals surface area contributed by atoms with Gasteiger partial charge in [-0.3, -0.25) is 19.5 Å². The maximum Gasteiger partial charge on any atom is 0.290 e. The van der Waals surface area contributed by atoms with E-state index >= 15 is 0 Å². The summed E-state index contributed by atoms with van der Waals surface area (Å²) < 4.78 is 5.44. The van der Waals surface area contributed by atoms with Crippen LogP contribution in [0.2, 0.25) is 0 Å². The van der Waals surface area contributed by atoms with Crippen molar-refractivity contribution in [2.75, 3.05) is 6.61 Å². The van der Waals surface area contributed by atoms with Crippen LogP contribution >= 0.6 is 0 Å². The summed E-state index contributed by atoms with van der Waals surface area (Å²) in [7, 11) is 0. The number of aromatic nitrogens is 2. The third-order valence-electron chi connectivity index (χ3n) is 4.22. The maximum atomic E-state index is 12.0. The summed E-state index contributed by atoms with van der Waals surface area (Å²) in [6.45, 7) is 0.207. The number of H-pyrrole nitrogens is 1. The molecule has 1 fully saturated rings. The molecule has 0 saturated heterocycles. The van der Waals surface area contributed by atoms with Crippen molar-refractivity contribution in [2.45, 2.75) is 38.0 Å². The Hall–Kier alpha value is -3.20. The highest BCUT2D eigenvalue weighted by atomic mass is 16.5. The molecule has 2 amide bonds. The van der Waals surface area contributed by atoms with Crippen molar-refractivity contribution in [1.82, 2.24) is 20.8 Å². The van der Waals surface area contributed by atoms with Gasteiger partial charge >= 0.3 is 0 Å². The number of carbonyl (C=O) groups is 3. The molecule has 9 heteroatoms. The smallest absolute Gasteiger partial charge is 0.290 e. The number of amides is 2. The third kappa shape index (κ3) is 7.20. The minimum Gasteiger partial charge on any atom is -0.483 e. The van der Waals surface area contributed by atoms with Crippen molar-refractivity contribution in [2.24, 2.45) is 0 Å². The maximum absolute atomic E-state index is 12.0. The topological polar surface area (TPSA) is 133 Å². The molecule has 3 rings (SSSR count). The third-order valence-corrected chi connectivity index (χ3v) is 4.22. The van der Waals surface area contributed by atoms with Gasteiger partial charge in [-0.25, -0.2) is 0 Å². The van der Waals surface area contributed by atoms with E-state index < -0.39 is 0 Å². The number of hydrogen-bond donors (Lipinski definition) is 4. The molecule has 1 saturated carbocycles. The van der Waals surface area contributed by atoms with Crippen LogP contribution in [-0.4, -0.2) is 52.3 Å². The lowest BCUT2D eigenvalue weighted by Gasteiger charge is -2.14. The molecule has 4 N–H and O–H groups in total. The van der Waals surface area contributed by atoms with Gasteiger partial charge in [0, 0.05) is 18.3 Å². The molecule has 0 bridgehead atoms. The van der Waals surface area contributed by atoms with Gasteiger partial charge in [-0.05, 0) is 30.9 Å². The Bertz CT molecular complexity index is 736. The summed E-state index contributed by atoms with van der Waals surface area (Å²) >= 11 is 0. The van der Waals surface area contributed by atoms with Crippen molar-refractivity contribution in [3.05, 3.63) is 53.9 Å². The quantitative estimate of drug-likeness (QED) is 0.525. The molecule has 9 nitrogen and oxygen atoms in total. The molecule has 150 valence electrons. The molecule has 2 atom stereocenters. The van der Waals surface area contributed by atoms with Crippen LogP contribution in [0.1, 0.15) is 35.3 Å². The Morgan fingerprint density at radius 1 is 1.18 bits per heavy atom. The predicted molar refractivity (Wildman–Crippen MR) is 100 cm³/mol. The second kappa shape index (κ2) is 11.5. The number of aromatic amines is 1. The minimum absolute atomic E-state index is 0.0383. The molecular formula is C19H24N4O5. The first-order chi connectivity index (χ1) is 13.6. The molecule has 0 aliphatic heterocycles. The second-order valence-electron chi connectivity index (χ2n) is 6.30. The summed E-state index contributed by atoms with van der Waals surface area (Å²) in [5, 5.41) is 19.2. The van der Waals surface area contributed by atoms with Crippen LogP contribution in [0.5, 0.6) is 0 Å². The largest absolute Gasteiger partial charge is 0.483 e. The zero-order valence-corrected chi connectivity index (χ0v) is 15.3.